The van der Waals surface area contributed by atoms with Gasteiger partial charge in [0.1, 0.15) is 0 Å². The van der Waals surface area contributed by atoms with E-state index in [1.165, 1.54) is 0 Å². The van der Waals surface area contributed by atoms with Crippen molar-refractivity contribution < 1.29 is 9.59 Å². The minimum atomic E-state index is -0.885. The number of nitrogens with zero attached hydrogens (tertiary/aromatic N) is 1. The summed E-state index contributed by atoms with van der Waals surface area (Å²) in [5, 5.41) is 7.42. The van der Waals surface area contributed by atoms with Crippen molar-refractivity contribution in [3.8, 4) is 11.3 Å². The standard InChI is InChI=1S/C24H18ClN3O2/c25-19-11-9-16(10-12-19)23(29)27-22-24(30)26-14-18-8-4-7-17-13-20(28(22)21(17)18)15-5-2-1-3-6-15/h1-13,22H,14H2,(H,26,30)(H,27,29). The minimum absolute atomic E-state index is 0.261. The molecule has 5 rings (SSSR count). The van der Waals surface area contributed by atoms with E-state index in [2.05, 4.69) is 16.7 Å². The van der Waals surface area contributed by atoms with Gasteiger partial charge in [0.2, 0.25) is 0 Å². The molecule has 0 bridgehead atoms. The predicted octanol–water partition coefficient (Wildman–Crippen LogP) is 4.52. The second-order valence-electron chi connectivity index (χ2n) is 7.22. The van der Waals surface area contributed by atoms with Crippen LogP contribution >= 0.6 is 11.6 Å². The van der Waals surface area contributed by atoms with Gasteiger partial charge in [0.05, 0.1) is 11.2 Å². The third kappa shape index (κ3) is 3.13. The number of carbonyl (C=O) groups is 2. The van der Waals surface area contributed by atoms with E-state index in [1.54, 1.807) is 24.3 Å². The molecule has 3 aromatic carbocycles. The monoisotopic (exact) mass is 415 g/mol. The molecule has 2 heterocycles. The van der Waals surface area contributed by atoms with E-state index < -0.39 is 6.17 Å². The van der Waals surface area contributed by atoms with Crippen LogP contribution in [0.1, 0.15) is 22.1 Å². The molecular weight excluding hydrogens is 398 g/mol. The SMILES string of the molecule is O=C(NC1C(=O)NCc2cccc3cc(-c4ccccc4)n1c23)c1ccc(Cl)cc1. The summed E-state index contributed by atoms with van der Waals surface area (Å²) in [4.78, 5) is 26.0. The maximum atomic E-state index is 13.1. The zero-order valence-electron chi connectivity index (χ0n) is 15.9. The van der Waals surface area contributed by atoms with Crippen LogP contribution in [-0.4, -0.2) is 16.4 Å². The van der Waals surface area contributed by atoms with Crippen LogP contribution < -0.4 is 10.6 Å². The van der Waals surface area contributed by atoms with Crippen molar-refractivity contribution in [3.63, 3.8) is 0 Å². The number of nitrogens with one attached hydrogen (secondary N) is 2. The Hall–Kier alpha value is -3.57. The van der Waals surface area contributed by atoms with Crippen LogP contribution in [0, 0.1) is 0 Å². The molecular formula is C24H18ClN3O2. The molecule has 2 N–H and O–H groups in total. The third-order valence-electron chi connectivity index (χ3n) is 5.35. The fraction of sp³-hybridized carbons (Fsp3) is 0.0833. The Morgan fingerprint density at radius 3 is 2.53 bits per heavy atom. The van der Waals surface area contributed by atoms with Crippen LogP contribution in [0.4, 0.5) is 0 Å². The Balaban J connectivity index is 1.66. The van der Waals surface area contributed by atoms with Crippen molar-refractivity contribution in [2.75, 3.05) is 0 Å². The third-order valence-corrected chi connectivity index (χ3v) is 5.60. The molecule has 2 amide bonds. The van der Waals surface area contributed by atoms with Gasteiger partial charge in [-0.25, -0.2) is 0 Å². The highest BCUT2D eigenvalue weighted by Gasteiger charge is 2.30. The van der Waals surface area contributed by atoms with E-state index in [4.69, 9.17) is 11.6 Å². The maximum absolute atomic E-state index is 13.1. The fourth-order valence-corrected chi connectivity index (χ4v) is 4.06. The summed E-state index contributed by atoms with van der Waals surface area (Å²) in [6.45, 7) is 0.404. The minimum Gasteiger partial charge on any atom is -0.348 e. The first-order valence-corrected chi connectivity index (χ1v) is 10.0. The lowest BCUT2D eigenvalue weighted by molar-refractivity contribution is -0.124. The number of para-hydroxylation sites is 1. The first kappa shape index (κ1) is 18.5. The van der Waals surface area contributed by atoms with Crippen LogP contribution in [0.2, 0.25) is 5.02 Å². The van der Waals surface area contributed by atoms with E-state index in [9.17, 15) is 9.59 Å². The van der Waals surface area contributed by atoms with Gasteiger partial charge in [-0.15, -0.1) is 0 Å². The average Bonchev–Trinajstić information content (AvgIpc) is 3.10. The molecule has 0 radical (unpaired) electrons. The molecule has 0 fully saturated rings. The summed E-state index contributed by atoms with van der Waals surface area (Å²) in [6, 6.07) is 24.5. The predicted molar refractivity (Wildman–Crippen MR) is 117 cm³/mol. The quantitative estimate of drug-likeness (QED) is 0.516. The molecule has 0 aliphatic carbocycles. The number of rotatable bonds is 3. The van der Waals surface area contributed by atoms with Gasteiger partial charge in [0.15, 0.2) is 6.17 Å². The van der Waals surface area contributed by atoms with Crippen molar-refractivity contribution in [2.24, 2.45) is 0 Å². The highest BCUT2D eigenvalue weighted by molar-refractivity contribution is 6.30. The Bertz CT molecular complexity index is 1260. The van der Waals surface area contributed by atoms with Gasteiger partial charge in [0.25, 0.3) is 11.8 Å². The summed E-state index contributed by atoms with van der Waals surface area (Å²) in [7, 11) is 0. The Kier molecular flexibility index (Phi) is 4.52. The number of amides is 2. The maximum Gasteiger partial charge on any atom is 0.264 e. The number of hydrogen-bond donors (Lipinski definition) is 2. The van der Waals surface area contributed by atoms with Gasteiger partial charge in [-0.3, -0.25) is 9.59 Å². The molecule has 0 saturated carbocycles. The van der Waals surface area contributed by atoms with Crippen LogP contribution in [0.15, 0.2) is 78.9 Å². The van der Waals surface area contributed by atoms with Gasteiger partial charge >= 0.3 is 0 Å². The molecule has 0 spiro atoms. The fourth-order valence-electron chi connectivity index (χ4n) is 3.94. The largest absolute Gasteiger partial charge is 0.348 e. The molecule has 148 valence electrons. The molecule has 4 aromatic rings. The van der Waals surface area contributed by atoms with Gasteiger partial charge in [-0.1, -0.05) is 60.1 Å². The van der Waals surface area contributed by atoms with Crippen molar-refractivity contribution in [1.82, 2.24) is 15.2 Å². The molecule has 0 saturated heterocycles. The van der Waals surface area contributed by atoms with E-state index in [1.807, 2.05) is 53.1 Å². The molecule has 1 aliphatic heterocycles. The summed E-state index contributed by atoms with van der Waals surface area (Å²) < 4.78 is 1.93. The Morgan fingerprint density at radius 1 is 1.00 bits per heavy atom. The summed E-state index contributed by atoms with van der Waals surface area (Å²) >= 11 is 5.94. The molecule has 6 heteroatoms. The molecule has 1 atom stereocenters. The van der Waals surface area contributed by atoms with Crippen molar-refractivity contribution in [2.45, 2.75) is 12.7 Å². The molecule has 5 nitrogen and oxygen atoms in total. The smallest absolute Gasteiger partial charge is 0.264 e. The highest BCUT2D eigenvalue weighted by Crippen LogP contribution is 2.34. The van der Waals surface area contributed by atoms with Crippen LogP contribution in [0.3, 0.4) is 0 Å². The number of carbonyl (C=O) groups excluding carboxylic acids is 2. The lowest BCUT2D eigenvalue weighted by Gasteiger charge is -2.21. The molecule has 1 aromatic heterocycles. The van der Waals surface area contributed by atoms with Gasteiger partial charge in [0, 0.05) is 22.5 Å². The van der Waals surface area contributed by atoms with Crippen LogP contribution in [0.5, 0.6) is 0 Å². The summed E-state index contributed by atoms with van der Waals surface area (Å²) in [5.41, 5.74) is 4.23. The van der Waals surface area contributed by atoms with Crippen molar-refractivity contribution in [1.29, 1.82) is 0 Å². The van der Waals surface area contributed by atoms with Gasteiger partial charge < -0.3 is 15.2 Å². The van der Waals surface area contributed by atoms with Crippen molar-refractivity contribution in [3.05, 3.63) is 95.0 Å². The van der Waals surface area contributed by atoms with Crippen LogP contribution in [0.25, 0.3) is 22.2 Å². The highest BCUT2D eigenvalue weighted by atomic mass is 35.5. The van der Waals surface area contributed by atoms with Gasteiger partial charge in [-0.05, 0) is 41.5 Å². The average molecular weight is 416 g/mol. The molecule has 1 aliphatic rings. The number of benzene rings is 3. The Morgan fingerprint density at radius 2 is 1.77 bits per heavy atom. The first-order chi connectivity index (χ1) is 14.6. The lowest BCUT2D eigenvalue weighted by atomic mass is 10.1. The lowest BCUT2D eigenvalue weighted by Crippen LogP contribution is -2.42. The van der Waals surface area contributed by atoms with Crippen molar-refractivity contribution >= 4 is 34.3 Å². The van der Waals surface area contributed by atoms with E-state index in [-0.39, 0.29) is 11.8 Å². The van der Waals surface area contributed by atoms with E-state index in [0.29, 0.717) is 17.1 Å². The summed E-state index contributed by atoms with van der Waals surface area (Å²) in [6.07, 6.45) is -0.885. The summed E-state index contributed by atoms with van der Waals surface area (Å²) in [5.74, 6) is -0.602. The van der Waals surface area contributed by atoms with E-state index >= 15 is 0 Å². The second-order valence-corrected chi connectivity index (χ2v) is 7.66. The normalized spacial score (nSPS) is 15.5. The topological polar surface area (TPSA) is 63.1 Å². The van der Waals surface area contributed by atoms with E-state index in [0.717, 1.165) is 27.7 Å². The van der Waals surface area contributed by atoms with Crippen LogP contribution in [-0.2, 0) is 11.3 Å². The molecule has 30 heavy (non-hydrogen) atoms. The first-order valence-electron chi connectivity index (χ1n) is 9.64. The number of aromatic nitrogens is 1. The zero-order valence-corrected chi connectivity index (χ0v) is 16.7. The van der Waals surface area contributed by atoms with Gasteiger partial charge in [-0.2, -0.15) is 0 Å². The Labute approximate surface area is 178 Å². The number of halogens is 1. The number of hydrogen-bond acceptors (Lipinski definition) is 2. The zero-order chi connectivity index (χ0) is 20.7. The second kappa shape index (κ2) is 7.35. The molecule has 1 unspecified atom stereocenters.